The van der Waals surface area contributed by atoms with E-state index in [2.05, 4.69) is 106 Å². The van der Waals surface area contributed by atoms with E-state index < -0.39 is 8.07 Å². The first-order valence-corrected chi connectivity index (χ1v) is 13.0. The molecule has 2 heteroatoms. The molecule has 0 nitrogen and oxygen atoms in total. The van der Waals surface area contributed by atoms with Gasteiger partial charge in [0.15, 0.2) is 0 Å². The molecule has 0 atom stereocenters. The Bertz CT molecular complexity index is 994. The van der Waals surface area contributed by atoms with Gasteiger partial charge in [0.05, 0.1) is 0 Å². The van der Waals surface area contributed by atoms with Crippen molar-refractivity contribution >= 4 is 29.6 Å². The van der Waals surface area contributed by atoms with E-state index in [0.29, 0.717) is 0 Å². The van der Waals surface area contributed by atoms with Gasteiger partial charge in [-0.15, -0.1) is 34.5 Å². The summed E-state index contributed by atoms with van der Waals surface area (Å²) in [5, 5.41) is 5.29. The molecule has 4 aromatic carbocycles. The van der Waals surface area contributed by atoms with Crippen LogP contribution in [-0.4, -0.2) is 8.07 Å². The van der Waals surface area contributed by atoms with E-state index in [4.69, 9.17) is 0 Å². The zero-order valence-electron chi connectivity index (χ0n) is 16.4. The monoisotopic (exact) mass is 433 g/mol. The minimum atomic E-state index is -0.611. The van der Waals surface area contributed by atoms with Crippen LogP contribution in [0.15, 0.2) is 72.8 Å². The van der Waals surface area contributed by atoms with Crippen molar-refractivity contribution in [1.82, 2.24) is 0 Å². The van der Waals surface area contributed by atoms with Crippen molar-refractivity contribution in [2.45, 2.75) is 33.1 Å². The Hall–Kier alpha value is -1.37. The summed E-state index contributed by atoms with van der Waals surface area (Å²) in [5.41, 5.74) is 3.97. The number of fused-ring (bicyclic) bond motifs is 2. The number of benzene rings is 3. The van der Waals surface area contributed by atoms with E-state index in [-0.39, 0.29) is 26.2 Å². The summed E-state index contributed by atoms with van der Waals surface area (Å²) in [6.07, 6.45) is 0. The summed E-state index contributed by atoms with van der Waals surface area (Å²) in [5.74, 6) is 0. The predicted molar refractivity (Wildman–Crippen MR) is 116 cm³/mol. The largest absolute Gasteiger partial charge is 0.165 e. The van der Waals surface area contributed by atoms with Gasteiger partial charge in [-0.05, 0) is 16.3 Å². The Morgan fingerprint density at radius 1 is 0.692 bits per heavy atom. The van der Waals surface area contributed by atoms with Gasteiger partial charge in [-0.3, -0.25) is 0 Å². The molecular formula is C24H27SiZr-. The summed E-state index contributed by atoms with van der Waals surface area (Å²) in [6, 6.07) is 26.2. The topological polar surface area (TPSA) is 0 Å². The van der Waals surface area contributed by atoms with Crippen LogP contribution in [0.25, 0.3) is 32.7 Å². The first kappa shape index (κ1) is 20.9. The van der Waals surface area contributed by atoms with Crippen molar-refractivity contribution < 1.29 is 26.2 Å². The molecule has 0 aromatic heterocycles. The fraction of sp³-hybridized carbons (Fsp3) is 0.208. The first-order chi connectivity index (χ1) is 11.8. The summed E-state index contributed by atoms with van der Waals surface area (Å²) < 4.78 is 0. The third kappa shape index (κ3) is 5.09. The van der Waals surface area contributed by atoms with Crippen LogP contribution in [-0.2, 0) is 26.2 Å². The zero-order chi connectivity index (χ0) is 18.0. The van der Waals surface area contributed by atoms with E-state index in [1.54, 1.807) is 0 Å². The van der Waals surface area contributed by atoms with Crippen LogP contribution in [0.1, 0.15) is 5.56 Å². The SMILES string of the molecule is C[Si](C)(C)C.Cc1cc2c(-c3cccc4ccccc34)cccc2[cH-]1.[Zr]. The standard InChI is InChI=1S/C20H15.C4H12Si.Zr/c1-14-12-16-8-5-11-19(20(16)13-14)18-10-4-7-15-6-2-3-9-17(15)18;1-5(2,3)4;/h2-13H,1H3;1-4H3;/q-1;;. The van der Waals surface area contributed by atoms with Gasteiger partial charge in [-0.1, -0.05) is 87.2 Å². The Kier molecular flexibility index (Phi) is 6.88. The van der Waals surface area contributed by atoms with Crippen LogP contribution in [0.2, 0.25) is 26.2 Å². The van der Waals surface area contributed by atoms with Crippen molar-refractivity contribution in [3.05, 3.63) is 78.4 Å². The maximum Gasteiger partial charge on any atom is 0.0411 e. The van der Waals surface area contributed by atoms with Crippen molar-refractivity contribution in [3.8, 4) is 11.1 Å². The van der Waals surface area contributed by atoms with Gasteiger partial charge < -0.3 is 0 Å². The van der Waals surface area contributed by atoms with Crippen molar-refractivity contribution in [2.75, 3.05) is 0 Å². The third-order valence-electron chi connectivity index (χ3n) is 3.97. The summed E-state index contributed by atoms with van der Waals surface area (Å²) in [7, 11) is -0.611. The van der Waals surface area contributed by atoms with Crippen LogP contribution >= 0.6 is 0 Å². The average molecular weight is 435 g/mol. The minimum absolute atomic E-state index is 0. The molecule has 0 heterocycles. The second-order valence-corrected chi connectivity index (χ2v) is 14.4. The Morgan fingerprint density at radius 3 is 1.92 bits per heavy atom. The van der Waals surface area contributed by atoms with Gasteiger partial charge in [-0.2, -0.15) is 6.07 Å². The molecule has 0 spiro atoms. The molecule has 0 fully saturated rings. The molecule has 0 bridgehead atoms. The van der Waals surface area contributed by atoms with Crippen LogP contribution in [0.5, 0.6) is 0 Å². The Balaban J connectivity index is 0.000000362. The van der Waals surface area contributed by atoms with E-state index in [9.17, 15) is 0 Å². The molecule has 0 saturated carbocycles. The molecular weight excluding hydrogens is 408 g/mol. The molecule has 0 saturated heterocycles. The predicted octanol–water partition coefficient (Wildman–Crippen LogP) is 7.64. The Morgan fingerprint density at radius 2 is 1.23 bits per heavy atom. The van der Waals surface area contributed by atoms with E-state index in [0.717, 1.165) is 0 Å². The maximum atomic E-state index is 2.33. The van der Waals surface area contributed by atoms with Crippen LogP contribution in [0, 0.1) is 6.92 Å². The molecule has 0 amide bonds. The first-order valence-electron chi connectivity index (χ1n) is 8.97. The average Bonchev–Trinajstić information content (AvgIpc) is 2.93. The van der Waals surface area contributed by atoms with Gasteiger partial charge >= 0.3 is 0 Å². The molecule has 132 valence electrons. The zero-order valence-corrected chi connectivity index (χ0v) is 19.9. The second-order valence-electron chi connectivity index (χ2n) is 8.37. The van der Waals surface area contributed by atoms with Gasteiger partial charge in [0, 0.05) is 34.3 Å². The number of aryl methyl sites for hydroxylation is 1. The second kappa shape index (κ2) is 8.55. The van der Waals surface area contributed by atoms with Gasteiger partial charge in [0.25, 0.3) is 0 Å². The smallest absolute Gasteiger partial charge is 0.0411 e. The summed E-state index contributed by atoms with van der Waals surface area (Å²) in [6.45, 7) is 11.5. The molecule has 0 aliphatic rings. The van der Waals surface area contributed by atoms with Crippen LogP contribution in [0.4, 0.5) is 0 Å². The van der Waals surface area contributed by atoms with Crippen molar-refractivity contribution in [3.63, 3.8) is 0 Å². The molecule has 0 N–H and O–H groups in total. The maximum absolute atomic E-state index is 2.33. The summed E-state index contributed by atoms with van der Waals surface area (Å²) >= 11 is 0. The van der Waals surface area contributed by atoms with Crippen molar-refractivity contribution in [2.24, 2.45) is 0 Å². The van der Waals surface area contributed by atoms with Crippen LogP contribution < -0.4 is 0 Å². The molecule has 0 unspecified atom stereocenters. The number of rotatable bonds is 1. The molecule has 26 heavy (non-hydrogen) atoms. The molecule has 4 aromatic rings. The van der Waals surface area contributed by atoms with Gasteiger partial charge in [-0.25, -0.2) is 0 Å². The quantitative estimate of drug-likeness (QED) is 0.213. The third-order valence-corrected chi connectivity index (χ3v) is 3.97. The molecule has 0 aliphatic heterocycles. The number of hydrogen-bond acceptors (Lipinski definition) is 0. The fourth-order valence-electron chi connectivity index (χ4n) is 3.08. The van der Waals surface area contributed by atoms with E-state index >= 15 is 0 Å². The molecule has 0 radical (unpaired) electrons. The molecule has 4 rings (SSSR count). The Labute approximate surface area is 177 Å². The van der Waals surface area contributed by atoms with Gasteiger partial charge in [0.1, 0.15) is 0 Å². The number of hydrogen-bond donors (Lipinski definition) is 0. The normalized spacial score (nSPS) is 11.0. The van der Waals surface area contributed by atoms with E-state index in [1.807, 2.05) is 0 Å². The van der Waals surface area contributed by atoms with E-state index in [1.165, 1.54) is 38.2 Å². The minimum Gasteiger partial charge on any atom is -0.165 e. The van der Waals surface area contributed by atoms with Gasteiger partial charge in [0.2, 0.25) is 0 Å². The fourth-order valence-corrected chi connectivity index (χ4v) is 3.08. The molecule has 0 aliphatic carbocycles. The van der Waals surface area contributed by atoms with Crippen LogP contribution in [0.3, 0.4) is 0 Å². The van der Waals surface area contributed by atoms with Crippen molar-refractivity contribution in [1.29, 1.82) is 0 Å². The summed E-state index contributed by atoms with van der Waals surface area (Å²) in [4.78, 5) is 0.